The van der Waals surface area contributed by atoms with Crippen LogP contribution in [0.2, 0.25) is 0 Å². The molecule has 0 spiro atoms. The van der Waals surface area contributed by atoms with E-state index < -0.39 is 6.23 Å². The summed E-state index contributed by atoms with van der Waals surface area (Å²) in [5, 5.41) is 3.23. The van der Waals surface area contributed by atoms with Gasteiger partial charge in [0.1, 0.15) is 11.3 Å². The molecule has 132 valence electrons. The first-order chi connectivity index (χ1) is 12.5. The number of ether oxygens (including phenoxy) is 1. The molecule has 0 amide bonds. The number of hydrogen-bond donors (Lipinski definition) is 1. The monoisotopic (exact) mass is 348 g/mol. The lowest BCUT2D eigenvalue weighted by Gasteiger charge is -2.19. The Morgan fingerprint density at radius 1 is 1.23 bits per heavy atom. The van der Waals surface area contributed by atoms with Gasteiger partial charge in [-0.3, -0.25) is 4.40 Å². The molecule has 0 aliphatic carbocycles. The largest absolute Gasteiger partial charge is 0.433 e. The number of fused-ring (bicyclic) bond motifs is 1. The van der Waals surface area contributed by atoms with Crippen molar-refractivity contribution in [3.63, 3.8) is 0 Å². The molecule has 2 aromatic heterocycles. The van der Waals surface area contributed by atoms with E-state index in [0.717, 1.165) is 28.2 Å². The average molecular weight is 348 g/mol. The van der Waals surface area contributed by atoms with E-state index >= 15 is 0 Å². The Hall–Kier alpha value is -3.28. The molecule has 1 fully saturated rings. The lowest BCUT2D eigenvalue weighted by atomic mass is 10.2. The normalized spacial score (nSPS) is 18.6. The van der Waals surface area contributed by atoms with E-state index in [0.29, 0.717) is 5.70 Å². The van der Waals surface area contributed by atoms with Gasteiger partial charge in [-0.15, -0.1) is 0 Å². The van der Waals surface area contributed by atoms with E-state index in [9.17, 15) is 4.79 Å². The molecule has 0 radical (unpaired) electrons. The number of rotatable bonds is 3. The number of cyclic esters (lactones) is 1. The summed E-state index contributed by atoms with van der Waals surface area (Å²) in [5.74, 6) is -0.371. The lowest BCUT2D eigenvalue weighted by Crippen LogP contribution is -2.21. The van der Waals surface area contributed by atoms with Gasteiger partial charge >= 0.3 is 5.97 Å². The number of esters is 1. The molecule has 3 aromatic rings. The second-order valence-corrected chi connectivity index (χ2v) is 6.53. The number of pyridine rings is 1. The molecule has 1 aliphatic rings. The summed E-state index contributed by atoms with van der Waals surface area (Å²) in [6, 6.07) is 13.7. The molecule has 1 unspecified atom stereocenters. The van der Waals surface area contributed by atoms with Gasteiger partial charge in [-0.25, -0.2) is 9.78 Å². The Morgan fingerprint density at radius 2 is 2.00 bits per heavy atom. The van der Waals surface area contributed by atoms with Crippen LogP contribution in [0, 0.1) is 6.92 Å². The molecule has 1 N–H and O–H groups in total. The minimum Gasteiger partial charge on any atom is -0.433 e. The fourth-order valence-electron chi connectivity index (χ4n) is 3.17. The Bertz CT molecular complexity index is 1010. The van der Waals surface area contributed by atoms with Crippen molar-refractivity contribution in [1.82, 2.24) is 19.6 Å². The third-order valence-corrected chi connectivity index (χ3v) is 4.40. The van der Waals surface area contributed by atoms with Gasteiger partial charge in [0.2, 0.25) is 0 Å². The number of hydrogen-bond acceptors (Lipinski definition) is 5. The predicted molar refractivity (Wildman–Crippen MR) is 98.9 cm³/mol. The Balaban J connectivity index is 1.81. The zero-order chi connectivity index (χ0) is 18.3. The number of nitrogens with one attached hydrogen (secondary N) is 1. The first kappa shape index (κ1) is 16.2. The zero-order valence-electron chi connectivity index (χ0n) is 14.9. The predicted octanol–water partition coefficient (Wildman–Crippen LogP) is 2.72. The van der Waals surface area contributed by atoms with Crippen LogP contribution in [0.25, 0.3) is 11.3 Å². The van der Waals surface area contributed by atoms with Gasteiger partial charge in [0.15, 0.2) is 6.23 Å². The molecule has 0 saturated carbocycles. The number of nitrogens with zero attached hydrogens (tertiary/aromatic N) is 3. The minimum atomic E-state index is -0.491. The highest BCUT2D eigenvalue weighted by Crippen LogP contribution is 2.30. The van der Waals surface area contributed by atoms with Gasteiger partial charge in [-0.2, -0.15) is 0 Å². The van der Waals surface area contributed by atoms with Crippen LogP contribution < -0.4 is 5.32 Å². The summed E-state index contributed by atoms with van der Waals surface area (Å²) in [6.45, 7) is 2.03. The molecule has 4 rings (SSSR count). The van der Waals surface area contributed by atoms with Crippen molar-refractivity contribution in [2.24, 2.45) is 0 Å². The molecule has 1 aliphatic heterocycles. The van der Waals surface area contributed by atoms with Crippen LogP contribution >= 0.6 is 0 Å². The molecule has 26 heavy (non-hydrogen) atoms. The van der Waals surface area contributed by atoms with Crippen molar-refractivity contribution in [1.29, 1.82) is 0 Å². The summed E-state index contributed by atoms with van der Waals surface area (Å²) < 4.78 is 7.53. The van der Waals surface area contributed by atoms with Crippen molar-refractivity contribution in [3.05, 3.63) is 77.4 Å². The Morgan fingerprint density at radius 3 is 2.73 bits per heavy atom. The van der Waals surface area contributed by atoms with Crippen molar-refractivity contribution >= 4 is 17.3 Å². The van der Waals surface area contributed by atoms with Gasteiger partial charge in [-0.1, -0.05) is 30.3 Å². The maximum atomic E-state index is 12.6. The van der Waals surface area contributed by atoms with E-state index in [2.05, 4.69) is 10.3 Å². The fraction of sp³-hybridized carbons (Fsp3) is 0.200. The minimum absolute atomic E-state index is 0.371. The number of carbonyl (C=O) groups excluding carboxylic acids is 1. The highest BCUT2D eigenvalue weighted by Gasteiger charge is 2.33. The summed E-state index contributed by atoms with van der Waals surface area (Å²) in [6.07, 6.45) is 3.25. The van der Waals surface area contributed by atoms with E-state index in [4.69, 9.17) is 4.74 Å². The number of benzene rings is 1. The average Bonchev–Trinajstić information content (AvgIpc) is 3.20. The molecule has 1 atom stereocenters. The Kier molecular flexibility index (Phi) is 3.88. The van der Waals surface area contributed by atoms with Gasteiger partial charge in [0, 0.05) is 25.9 Å². The smallest absolute Gasteiger partial charge is 0.358 e. The first-order valence-corrected chi connectivity index (χ1v) is 8.43. The number of carbonyl (C=O) groups is 1. The second-order valence-electron chi connectivity index (χ2n) is 6.53. The summed E-state index contributed by atoms with van der Waals surface area (Å²) in [4.78, 5) is 19.0. The third kappa shape index (κ3) is 2.69. The molecule has 6 nitrogen and oxygen atoms in total. The summed E-state index contributed by atoms with van der Waals surface area (Å²) >= 11 is 0. The fourth-order valence-corrected chi connectivity index (χ4v) is 3.17. The lowest BCUT2D eigenvalue weighted by molar-refractivity contribution is -0.139. The maximum Gasteiger partial charge on any atom is 0.358 e. The molecular weight excluding hydrogens is 328 g/mol. The molecule has 1 saturated heterocycles. The standard InChI is InChI=1S/C20H20N4O2/c1-13-9-10-24-15(12-21-16(24)11-13)18(23(2)3)17-20(25)26-19(22-17)14-7-5-4-6-8-14/h4-12,19,22H,1-3H3/b18-17-. The number of aryl methyl sites for hydroxylation is 1. The molecule has 1 aromatic carbocycles. The number of imidazole rings is 1. The van der Waals surface area contributed by atoms with Crippen LogP contribution in [-0.4, -0.2) is 34.3 Å². The zero-order valence-corrected chi connectivity index (χ0v) is 14.9. The highest BCUT2D eigenvalue weighted by atomic mass is 16.6. The summed E-state index contributed by atoms with van der Waals surface area (Å²) in [7, 11) is 3.81. The second kappa shape index (κ2) is 6.22. The van der Waals surface area contributed by atoms with Crippen molar-refractivity contribution in [2.45, 2.75) is 13.2 Å². The molecular formula is C20H20N4O2. The van der Waals surface area contributed by atoms with Gasteiger partial charge in [-0.05, 0) is 24.6 Å². The van der Waals surface area contributed by atoms with E-state index in [1.165, 1.54) is 0 Å². The first-order valence-electron chi connectivity index (χ1n) is 8.43. The van der Waals surface area contributed by atoms with Crippen LogP contribution in [0.5, 0.6) is 0 Å². The molecule has 3 heterocycles. The number of aromatic nitrogens is 2. The van der Waals surface area contributed by atoms with Crippen molar-refractivity contribution in [2.75, 3.05) is 14.1 Å². The van der Waals surface area contributed by atoms with Crippen molar-refractivity contribution in [3.8, 4) is 0 Å². The van der Waals surface area contributed by atoms with Gasteiger partial charge in [0.05, 0.1) is 17.6 Å². The highest BCUT2D eigenvalue weighted by molar-refractivity contribution is 5.98. The molecule has 0 bridgehead atoms. The summed E-state index contributed by atoms with van der Waals surface area (Å²) in [5.41, 5.74) is 4.89. The molecule has 6 heteroatoms. The van der Waals surface area contributed by atoms with Crippen LogP contribution in [0.1, 0.15) is 23.0 Å². The van der Waals surface area contributed by atoms with E-state index in [-0.39, 0.29) is 5.97 Å². The van der Waals surface area contributed by atoms with Gasteiger partial charge in [0.25, 0.3) is 0 Å². The van der Waals surface area contributed by atoms with Gasteiger partial charge < -0.3 is 15.0 Å². The maximum absolute atomic E-state index is 12.6. The van der Waals surface area contributed by atoms with Crippen LogP contribution in [0.3, 0.4) is 0 Å². The van der Waals surface area contributed by atoms with Crippen LogP contribution in [-0.2, 0) is 9.53 Å². The van der Waals surface area contributed by atoms with Crippen LogP contribution in [0.4, 0.5) is 0 Å². The Labute approximate surface area is 151 Å². The van der Waals surface area contributed by atoms with Crippen LogP contribution in [0.15, 0.2) is 60.6 Å². The quantitative estimate of drug-likeness (QED) is 0.583. The van der Waals surface area contributed by atoms with E-state index in [1.807, 2.05) is 79.0 Å². The van der Waals surface area contributed by atoms with Crippen molar-refractivity contribution < 1.29 is 9.53 Å². The third-order valence-electron chi connectivity index (χ3n) is 4.40. The SMILES string of the molecule is Cc1ccn2c(/C(=C3/NC(c4ccccc4)OC3=O)N(C)C)cnc2c1. The topological polar surface area (TPSA) is 58.9 Å². The van der Waals surface area contributed by atoms with E-state index in [1.54, 1.807) is 6.20 Å².